The van der Waals surface area contributed by atoms with Crippen molar-refractivity contribution in [3.8, 4) is 0 Å². The summed E-state index contributed by atoms with van der Waals surface area (Å²) in [5.41, 5.74) is 9.37. The highest BCUT2D eigenvalue weighted by Gasteiger charge is 2.22. The van der Waals surface area contributed by atoms with Crippen LogP contribution in [0.2, 0.25) is 5.02 Å². The van der Waals surface area contributed by atoms with Gasteiger partial charge in [0.25, 0.3) is 5.56 Å². The van der Waals surface area contributed by atoms with Gasteiger partial charge in [-0.3, -0.25) is 4.79 Å². The van der Waals surface area contributed by atoms with Crippen LogP contribution in [0.4, 0.5) is 11.4 Å². The van der Waals surface area contributed by atoms with E-state index in [0.717, 1.165) is 36.7 Å². The number of aromatic nitrogens is 2. The van der Waals surface area contributed by atoms with Crippen LogP contribution in [-0.2, 0) is 6.42 Å². The molecule has 210 valence electrons. The fourth-order valence-electron chi connectivity index (χ4n) is 6.54. The summed E-state index contributed by atoms with van der Waals surface area (Å²) in [6, 6.07) is 27.2. The number of nitrogens with one attached hydrogen (secondary N) is 1. The van der Waals surface area contributed by atoms with Crippen LogP contribution in [0.1, 0.15) is 30.4 Å². The van der Waals surface area contributed by atoms with Gasteiger partial charge >= 0.3 is 0 Å². The van der Waals surface area contributed by atoms with Crippen molar-refractivity contribution in [1.29, 1.82) is 0 Å². The Labute approximate surface area is 250 Å². The molecule has 5 nitrogen and oxygen atoms in total. The molecule has 2 aliphatic carbocycles. The maximum absolute atomic E-state index is 11.1. The van der Waals surface area contributed by atoms with Crippen molar-refractivity contribution in [3.63, 3.8) is 0 Å². The number of aryl methyl sites for hydroxylation is 1. The molecule has 0 amide bonds. The van der Waals surface area contributed by atoms with Gasteiger partial charge in [0.1, 0.15) is 0 Å². The number of anilines is 2. The van der Waals surface area contributed by atoms with Crippen LogP contribution in [0, 0.1) is 0 Å². The number of piperazine rings is 1. The van der Waals surface area contributed by atoms with E-state index in [2.05, 4.69) is 74.4 Å². The van der Waals surface area contributed by atoms with Gasteiger partial charge in [-0.1, -0.05) is 65.7 Å². The molecule has 0 spiro atoms. The van der Waals surface area contributed by atoms with Gasteiger partial charge in [0.2, 0.25) is 0 Å². The van der Waals surface area contributed by atoms with Crippen molar-refractivity contribution in [3.05, 3.63) is 129 Å². The highest BCUT2D eigenvalue weighted by molar-refractivity contribution is 6.30. The van der Waals surface area contributed by atoms with E-state index >= 15 is 0 Å². The van der Waals surface area contributed by atoms with Gasteiger partial charge in [0, 0.05) is 42.6 Å². The molecule has 1 aliphatic heterocycles. The number of hydrogen-bond donors (Lipinski definition) is 1. The highest BCUT2D eigenvalue weighted by atomic mass is 35.5. The minimum absolute atomic E-state index is 0.0874. The Hall–Kier alpha value is -4.35. The normalized spacial score (nSPS) is 16.2. The minimum atomic E-state index is -0.0874. The number of benzene rings is 4. The third-order valence-electron chi connectivity index (χ3n) is 8.73. The average molecular weight is 573 g/mol. The Bertz CT molecular complexity index is 1890. The van der Waals surface area contributed by atoms with Crippen LogP contribution in [0.15, 0.2) is 108 Å². The summed E-state index contributed by atoms with van der Waals surface area (Å²) in [4.78, 5) is 22.5. The molecule has 42 heavy (non-hydrogen) atoms. The summed E-state index contributed by atoms with van der Waals surface area (Å²) in [6.07, 6.45) is 10.9. The zero-order valence-corrected chi connectivity index (χ0v) is 24.3. The molecule has 1 aromatic heterocycles. The average Bonchev–Trinajstić information content (AvgIpc) is 3.05. The van der Waals surface area contributed by atoms with Crippen LogP contribution >= 0.6 is 11.6 Å². The molecule has 0 bridgehead atoms. The SMILES string of the molecule is Clc1cccc(N2CCN(c3ccc4c5c(ccc4c3)C3=C(CCC=C3)CC5)CC2)c1.O=c1[nH]cnc2ccccc12. The summed E-state index contributed by atoms with van der Waals surface area (Å²) in [7, 11) is 0. The van der Waals surface area contributed by atoms with Gasteiger partial charge in [0.05, 0.1) is 17.2 Å². The van der Waals surface area contributed by atoms with E-state index in [-0.39, 0.29) is 5.56 Å². The van der Waals surface area contributed by atoms with Crippen LogP contribution in [0.3, 0.4) is 0 Å². The first-order valence-electron chi connectivity index (χ1n) is 14.8. The molecular weight excluding hydrogens is 540 g/mol. The highest BCUT2D eigenvalue weighted by Crippen LogP contribution is 2.40. The molecule has 6 heteroatoms. The summed E-state index contributed by atoms with van der Waals surface area (Å²) in [5, 5.41) is 4.25. The van der Waals surface area contributed by atoms with Gasteiger partial charge in [0.15, 0.2) is 0 Å². The lowest BCUT2D eigenvalue weighted by Crippen LogP contribution is -2.46. The topological polar surface area (TPSA) is 52.2 Å². The molecule has 5 aromatic rings. The van der Waals surface area contributed by atoms with Crippen molar-refractivity contribution in [2.45, 2.75) is 25.7 Å². The molecule has 0 unspecified atom stereocenters. The lowest BCUT2D eigenvalue weighted by atomic mass is 9.79. The maximum Gasteiger partial charge on any atom is 0.258 e. The number of H-pyrrole nitrogens is 1. The van der Waals surface area contributed by atoms with Crippen molar-refractivity contribution in [2.75, 3.05) is 36.0 Å². The zero-order valence-electron chi connectivity index (χ0n) is 23.5. The van der Waals surface area contributed by atoms with Crippen LogP contribution in [0.25, 0.3) is 27.2 Å². The Morgan fingerprint density at radius 1 is 0.762 bits per heavy atom. The first-order chi connectivity index (χ1) is 20.6. The molecule has 8 rings (SSSR count). The van der Waals surface area contributed by atoms with Crippen molar-refractivity contribution < 1.29 is 0 Å². The number of rotatable bonds is 2. The number of halogens is 1. The third-order valence-corrected chi connectivity index (χ3v) is 8.96. The molecule has 1 fully saturated rings. The Kier molecular flexibility index (Phi) is 7.27. The summed E-state index contributed by atoms with van der Waals surface area (Å²) < 4.78 is 0. The van der Waals surface area contributed by atoms with Crippen LogP contribution in [0.5, 0.6) is 0 Å². The van der Waals surface area contributed by atoms with E-state index in [1.807, 2.05) is 30.3 Å². The van der Waals surface area contributed by atoms with E-state index in [0.29, 0.717) is 5.39 Å². The van der Waals surface area contributed by atoms with Gasteiger partial charge < -0.3 is 14.8 Å². The van der Waals surface area contributed by atoms with E-state index in [1.54, 1.807) is 17.2 Å². The fourth-order valence-corrected chi connectivity index (χ4v) is 6.72. The maximum atomic E-state index is 11.1. The van der Waals surface area contributed by atoms with Crippen molar-refractivity contribution in [2.24, 2.45) is 0 Å². The molecule has 1 N–H and O–H groups in total. The number of para-hydroxylation sites is 1. The van der Waals surface area contributed by atoms with E-state index < -0.39 is 0 Å². The van der Waals surface area contributed by atoms with Gasteiger partial charge in [-0.05, 0) is 95.6 Å². The Balaban J connectivity index is 0.000000220. The first kappa shape index (κ1) is 26.5. The summed E-state index contributed by atoms with van der Waals surface area (Å²) in [6.45, 7) is 4.10. The number of hydrogen-bond acceptors (Lipinski definition) is 4. The van der Waals surface area contributed by atoms with E-state index in [4.69, 9.17) is 11.6 Å². The van der Waals surface area contributed by atoms with Crippen molar-refractivity contribution >= 4 is 50.2 Å². The summed E-state index contributed by atoms with van der Waals surface area (Å²) >= 11 is 6.19. The largest absolute Gasteiger partial charge is 0.368 e. The second-order valence-electron chi connectivity index (χ2n) is 11.2. The quantitative estimate of drug-likeness (QED) is 0.234. The molecule has 2 heterocycles. The first-order valence-corrected chi connectivity index (χ1v) is 15.1. The lowest BCUT2D eigenvalue weighted by molar-refractivity contribution is 0.654. The second-order valence-corrected chi connectivity index (χ2v) is 11.6. The van der Waals surface area contributed by atoms with E-state index in [9.17, 15) is 4.79 Å². The van der Waals surface area contributed by atoms with E-state index in [1.165, 1.54) is 65.3 Å². The molecule has 4 aromatic carbocycles. The van der Waals surface area contributed by atoms with Gasteiger partial charge in [-0.25, -0.2) is 4.98 Å². The van der Waals surface area contributed by atoms with Gasteiger partial charge in [-0.15, -0.1) is 0 Å². The van der Waals surface area contributed by atoms with Crippen LogP contribution in [-0.4, -0.2) is 36.1 Å². The number of fused-ring (bicyclic) bond motifs is 5. The van der Waals surface area contributed by atoms with Gasteiger partial charge in [-0.2, -0.15) is 0 Å². The molecule has 0 radical (unpaired) electrons. The standard InChI is InChI=1S/C28H27ClN2.C8H6N2O/c29-22-5-3-6-23(19-22)30-14-16-31(17-15-30)24-10-13-26-21(18-24)9-12-27-25-7-2-1-4-20(25)8-11-28(26)27;11-8-6-3-1-2-4-7(6)9-5-10-8/h2-3,5-7,9-10,12-13,18-19H,1,4,8,11,14-17H2;1-5H,(H,9,10,11). The molecule has 1 saturated heterocycles. The summed E-state index contributed by atoms with van der Waals surface area (Å²) in [5.74, 6) is 0. The predicted octanol–water partition coefficient (Wildman–Crippen LogP) is 7.79. The Morgan fingerprint density at radius 3 is 2.38 bits per heavy atom. The van der Waals surface area contributed by atoms with Crippen molar-refractivity contribution in [1.82, 2.24) is 9.97 Å². The number of allylic oxidation sites excluding steroid dienone is 4. The monoisotopic (exact) mass is 572 g/mol. The number of nitrogens with zero attached hydrogens (tertiary/aromatic N) is 3. The molecule has 0 atom stereocenters. The predicted molar refractivity (Wildman–Crippen MR) is 176 cm³/mol. The lowest BCUT2D eigenvalue weighted by Gasteiger charge is -2.37. The van der Waals surface area contributed by atoms with Crippen LogP contribution < -0.4 is 15.4 Å². The zero-order chi connectivity index (χ0) is 28.5. The third kappa shape index (κ3) is 5.21. The Morgan fingerprint density at radius 2 is 1.57 bits per heavy atom. The molecule has 0 saturated carbocycles. The number of aromatic amines is 1. The molecular formula is C36H33ClN4O. The second kappa shape index (κ2) is 11.5. The molecule has 3 aliphatic rings. The minimum Gasteiger partial charge on any atom is -0.368 e. The fraction of sp³-hybridized carbons (Fsp3) is 0.222. The smallest absolute Gasteiger partial charge is 0.258 e.